The Morgan fingerprint density at radius 2 is 2.00 bits per heavy atom. The summed E-state index contributed by atoms with van der Waals surface area (Å²) in [5.74, 6) is 1.25. The van der Waals surface area contributed by atoms with Crippen LogP contribution in [-0.2, 0) is 16.6 Å². The highest BCUT2D eigenvalue weighted by Gasteiger charge is 2.21. The Morgan fingerprint density at radius 3 is 2.65 bits per heavy atom. The molecule has 2 aromatic rings. The van der Waals surface area contributed by atoms with E-state index in [0.717, 1.165) is 36.9 Å². The van der Waals surface area contributed by atoms with Crippen LogP contribution in [0.2, 0.25) is 0 Å². The van der Waals surface area contributed by atoms with Crippen LogP contribution < -0.4 is 4.72 Å². The van der Waals surface area contributed by atoms with Gasteiger partial charge in [-0.05, 0) is 42.5 Å². The molecule has 23 heavy (non-hydrogen) atoms. The predicted octanol–water partition coefficient (Wildman–Crippen LogP) is 3.34. The van der Waals surface area contributed by atoms with Crippen molar-refractivity contribution in [2.24, 2.45) is 5.92 Å². The molecule has 0 bridgehead atoms. The fraction of sp³-hybridized carbons (Fsp3) is 0.471. The van der Waals surface area contributed by atoms with E-state index in [1.54, 1.807) is 12.5 Å². The molecule has 124 valence electrons. The molecule has 0 aliphatic heterocycles. The molecular formula is C17H22N2O3S. The van der Waals surface area contributed by atoms with E-state index in [0.29, 0.717) is 11.7 Å². The lowest BCUT2D eigenvalue weighted by molar-refractivity contribution is 0.384. The van der Waals surface area contributed by atoms with Crippen molar-refractivity contribution in [3.05, 3.63) is 42.3 Å². The van der Waals surface area contributed by atoms with Crippen molar-refractivity contribution in [1.82, 2.24) is 9.71 Å². The molecule has 0 amide bonds. The first-order chi connectivity index (χ1) is 11.1. The van der Waals surface area contributed by atoms with Crippen molar-refractivity contribution >= 4 is 10.0 Å². The molecule has 3 rings (SSSR count). The van der Waals surface area contributed by atoms with E-state index in [2.05, 4.69) is 9.71 Å². The second-order valence-electron chi connectivity index (χ2n) is 6.14. The Balaban J connectivity index is 1.54. The van der Waals surface area contributed by atoms with Crippen molar-refractivity contribution in [3.63, 3.8) is 0 Å². The van der Waals surface area contributed by atoms with Crippen LogP contribution in [0.25, 0.3) is 11.5 Å². The van der Waals surface area contributed by atoms with Crippen LogP contribution in [0.4, 0.5) is 0 Å². The number of hydrogen-bond acceptors (Lipinski definition) is 4. The summed E-state index contributed by atoms with van der Waals surface area (Å²) >= 11 is 0. The minimum Gasteiger partial charge on any atom is -0.463 e. The van der Waals surface area contributed by atoms with Gasteiger partial charge in [0.1, 0.15) is 5.69 Å². The average Bonchev–Trinajstić information content (AvgIpc) is 3.09. The first kappa shape index (κ1) is 16.2. The normalized spacial score (nSPS) is 16.5. The molecule has 1 aliphatic carbocycles. The third kappa shape index (κ3) is 4.65. The first-order valence-corrected chi connectivity index (χ1v) is 9.74. The fourth-order valence-electron chi connectivity index (χ4n) is 3.02. The molecule has 1 N–H and O–H groups in total. The highest BCUT2D eigenvalue weighted by Crippen LogP contribution is 2.24. The van der Waals surface area contributed by atoms with Gasteiger partial charge < -0.3 is 4.42 Å². The van der Waals surface area contributed by atoms with Crippen LogP contribution in [0.1, 0.15) is 37.7 Å². The van der Waals surface area contributed by atoms with Gasteiger partial charge in [0, 0.05) is 12.7 Å². The third-order valence-electron chi connectivity index (χ3n) is 4.27. The fourth-order valence-corrected chi connectivity index (χ4v) is 4.47. The molecule has 0 spiro atoms. The number of furan rings is 1. The highest BCUT2D eigenvalue weighted by molar-refractivity contribution is 7.89. The summed E-state index contributed by atoms with van der Waals surface area (Å²) in [7, 11) is -3.23. The molecule has 0 unspecified atom stereocenters. The molecule has 6 heteroatoms. The maximum absolute atomic E-state index is 12.2. The predicted molar refractivity (Wildman–Crippen MR) is 89.1 cm³/mol. The van der Waals surface area contributed by atoms with E-state index in [1.165, 1.54) is 6.42 Å². The Labute approximate surface area is 137 Å². The monoisotopic (exact) mass is 334 g/mol. The third-order valence-corrected chi connectivity index (χ3v) is 5.77. The van der Waals surface area contributed by atoms with Gasteiger partial charge in [0.2, 0.25) is 10.0 Å². The first-order valence-electron chi connectivity index (χ1n) is 8.08. The van der Waals surface area contributed by atoms with Crippen LogP contribution in [-0.4, -0.2) is 19.2 Å². The van der Waals surface area contributed by atoms with Crippen LogP contribution >= 0.6 is 0 Å². The van der Waals surface area contributed by atoms with Gasteiger partial charge in [-0.2, -0.15) is 0 Å². The molecule has 0 radical (unpaired) electrons. The second-order valence-corrected chi connectivity index (χ2v) is 7.99. The standard InChI is InChI=1S/C17H22N2O3S/c20-23(21,13-14-5-2-1-3-6-14)19-12-15-8-9-16(18-11-15)17-7-4-10-22-17/h4,7-11,14,19H,1-3,5-6,12-13H2. The number of nitrogens with one attached hydrogen (secondary N) is 1. The number of pyridine rings is 1. The SMILES string of the molecule is O=S(=O)(CC1CCCCC1)NCc1ccc(-c2ccco2)nc1. The summed E-state index contributed by atoms with van der Waals surface area (Å²) in [6, 6.07) is 7.36. The summed E-state index contributed by atoms with van der Waals surface area (Å²) < 4.78 is 32.3. The van der Waals surface area contributed by atoms with Crippen LogP contribution in [0.5, 0.6) is 0 Å². The van der Waals surface area contributed by atoms with E-state index >= 15 is 0 Å². The number of rotatable bonds is 6. The zero-order valence-corrected chi connectivity index (χ0v) is 13.9. The Morgan fingerprint density at radius 1 is 1.17 bits per heavy atom. The van der Waals surface area contributed by atoms with Gasteiger partial charge >= 0.3 is 0 Å². The summed E-state index contributed by atoms with van der Waals surface area (Å²) in [6.07, 6.45) is 8.88. The molecule has 5 nitrogen and oxygen atoms in total. The average molecular weight is 334 g/mol. The second kappa shape index (κ2) is 7.27. The number of aromatic nitrogens is 1. The minimum absolute atomic E-state index is 0.241. The zero-order valence-electron chi connectivity index (χ0n) is 13.1. The Bertz CT molecular complexity index is 703. The van der Waals surface area contributed by atoms with E-state index in [4.69, 9.17) is 4.42 Å². The van der Waals surface area contributed by atoms with Crippen molar-refractivity contribution in [2.75, 3.05) is 5.75 Å². The molecular weight excluding hydrogens is 312 g/mol. The molecule has 0 aromatic carbocycles. The zero-order chi connectivity index (χ0) is 16.1. The smallest absolute Gasteiger partial charge is 0.212 e. The topological polar surface area (TPSA) is 72.2 Å². The van der Waals surface area contributed by atoms with E-state index in [-0.39, 0.29) is 12.3 Å². The summed E-state index contributed by atoms with van der Waals surface area (Å²) in [5, 5.41) is 0. The van der Waals surface area contributed by atoms with Gasteiger partial charge in [-0.3, -0.25) is 4.98 Å². The van der Waals surface area contributed by atoms with E-state index < -0.39 is 10.0 Å². The summed E-state index contributed by atoms with van der Waals surface area (Å²) in [6.45, 7) is 0.278. The molecule has 2 heterocycles. The summed E-state index contributed by atoms with van der Waals surface area (Å²) in [4.78, 5) is 4.31. The lowest BCUT2D eigenvalue weighted by atomic mass is 9.91. The van der Waals surface area contributed by atoms with Gasteiger partial charge in [0.15, 0.2) is 5.76 Å². The number of sulfonamides is 1. The quantitative estimate of drug-likeness (QED) is 0.879. The van der Waals surface area contributed by atoms with Crippen LogP contribution in [0.3, 0.4) is 0 Å². The van der Waals surface area contributed by atoms with Gasteiger partial charge in [-0.1, -0.05) is 25.3 Å². The van der Waals surface area contributed by atoms with Gasteiger partial charge in [-0.15, -0.1) is 0 Å². The van der Waals surface area contributed by atoms with Crippen molar-refractivity contribution in [2.45, 2.75) is 38.6 Å². The van der Waals surface area contributed by atoms with Gasteiger partial charge in [0.05, 0.1) is 12.0 Å². The number of hydrogen-bond donors (Lipinski definition) is 1. The largest absolute Gasteiger partial charge is 0.463 e. The molecule has 0 saturated heterocycles. The van der Waals surface area contributed by atoms with Gasteiger partial charge in [-0.25, -0.2) is 13.1 Å². The van der Waals surface area contributed by atoms with Crippen LogP contribution in [0, 0.1) is 5.92 Å². The molecule has 2 aromatic heterocycles. The molecule has 0 atom stereocenters. The van der Waals surface area contributed by atoms with Crippen molar-refractivity contribution in [3.8, 4) is 11.5 Å². The van der Waals surface area contributed by atoms with E-state index in [9.17, 15) is 8.42 Å². The van der Waals surface area contributed by atoms with Crippen molar-refractivity contribution < 1.29 is 12.8 Å². The lowest BCUT2D eigenvalue weighted by Gasteiger charge is -2.21. The molecule has 1 saturated carbocycles. The Hall–Kier alpha value is -1.66. The maximum Gasteiger partial charge on any atom is 0.212 e. The van der Waals surface area contributed by atoms with Crippen LogP contribution in [0.15, 0.2) is 41.1 Å². The van der Waals surface area contributed by atoms with Gasteiger partial charge in [0.25, 0.3) is 0 Å². The maximum atomic E-state index is 12.2. The lowest BCUT2D eigenvalue weighted by Crippen LogP contribution is -2.30. The Kier molecular flexibility index (Phi) is 5.13. The van der Waals surface area contributed by atoms with Crippen molar-refractivity contribution in [1.29, 1.82) is 0 Å². The summed E-state index contributed by atoms with van der Waals surface area (Å²) in [5.41, 5.74) is 1.58. The molecule has 1 fully saturated rings. The molecule has 1 aliphatic rings. The number of nitrogens with zero attached hydrogens (tertiary/aromatic N) is 1. The highest BCUT2D eigenvalue weighted by atomic mass is 32.2. The van der Waals surface area contributed by atoms with E-state index in [1.807, 2.05) is 24.3 Å². The minimum atomic E-state index is -3.23.